The predicted molar refractivity (Wildman–Crippen MR) is 122 cm³/mol. The number of rotatable bonds is 4. The molecular weight excluding hydrogens is 391 g/mol. The second-order valence-electron chi connectivity index (χ2n) is 8.46. The molecule has 0 fully saturated rings. The van der Waals surface area contributed by atoms with Gasteiger partial charge in [-0.1, -0.05) is 60.7 Å². The molecule has 0 aliphatic carbocycles. The molecule has 0 saturated carbocycles. The third-order valence-corrected chi connectivity index (χ3v) is 4.92. The van der Waals surface area contributed by atoms with Crippen LogP contribution in [-0.4, -0.2) is 16.3 Å². The van der Waals surface area contributed by atoms with Crippen molar-refractivity contribution in [3.63, 3.8) is 0 Å². The van der Waals surface area contributed by atoms with E-state index in [-0.39, 0.29) is 6.04 Å². The minimum atomic E-state index is -0.645. The Hall–Kier alpha value is -3.60. The van der Waals surface area contributed by atoms with E-state index in [1.54, 1.807) is 32.9 Å². The Morgan fingerprint density at radius 3 is 2.06 bits per heavy atom. The Bertz CT molecular complexity index is 1160. The lowest BCUT2D eigenvalue weighted by Gasteiger charge is -2.22. The van der Waals surface area contributed by atoms with Gasteiger partial charge in [-0.05, 0) is 50.1 Å². The minimum Gasteiger partial charge on any atom is -0.443 e. The number of anilines is 1. The molecule has 0 aliphatic rings. The molecule has 1 N–H and O–H groups in total. The standard InChI is InChI=1S/C26H25FN2O2/c1-26(2,3)31-25(30)29-15-14-21-22(27)16-20(17-23(21)29)28-24(18-10-6-4-7-11-18)19-12-8-5-9-13-19/h4-17,24,28H,1-3H3. The molecule has 0 amide bonds. The molecule has 4 rings (SSSR count). The zero-order chi connectivity index (χ0) is 22.0. The number of carbonyl (C=O) groups is 1. The van der Waals surface area contributed by atoms with E-state index in [9.17, 15) is 9.18 Å². The molecule has 4 nitrogen and oxygen atoms in total. The van der Waals surface area contributed by atoms with Gasteiger partial charge in [0.2, 0.25) is 0 Å². The maximum atomic E-state index is 14.9. The number of ether oxygens (including phenoxy) is 1. The van der Waals surface area contributed by atoms with Crippen LogP contribution in [0.15, 0.2) is 85.1 Å². The molecule has 0 saturated heterocycles. The van der Waals surface area contributed by atoms with Gasteiger partial charge in [-0.15, -0.1) is 0 Å². The summed E-state index contributed by atoms with van der Waals surface area (Å²) in [4.78, 5) is 12.6. The smallest absolute Gasteiger partial charge is 0.418 e. The van der Waals surface area contributed by atoms with Crippen molar-refractivity contribution in [2.45, 2.75) is 32.4 Å². The monoisotopic (exact) mass is 416 g/mol. The van der Waals surface area contributed by atoms with Crippen molar-refractivity contribution < 1.29 is 13.9 Å². The maximum Gasteiger partial charge on any atom is 0.418 e. The number of carbonyl (C=O) groups excluding carboxylic acids is 1. The number of fused-ring (bicyclic) bond motifs is 1. The molecule has 0 spiro atoms. The summed E-state index contributed by atoms with van der Waals surface area (Å²) in [6.45, 7) is 5.40. The van der Waals surface area contributed by atoms with Crippen LogP contribution in [0.1, 0.15) is 37.9 Å². The van der Waals surface area contributed by atoms with Crippen LogP contribution < -0.4 is 5.32 Å². The number of nitrogens with one attached hydrogen (secondary N) is 1. The minimum absolute atomic E-state index is 0.177. The predicted octanol–water partition coefficient (Wildman–Crippen LogP) is 6.77. The summed E-state index contributed by atoms with van der Waals surface area (Å²) in [6.07, 6.45) is 0.999. The van der Waals surface area contributed by atoms with E-state index < -0.39 is 17.5 Å². The summed E-state index contributed by atoms with van der Waals surface area (Å²) < 4.78 is 21.7. The van der Waals surface area contributed by atoms with E-state index in [4.69, 9.17) is 4.74 Å². The van der Waals surface area contributed by atoms with Gasteiger partial charge >= 0.3 is 6.09 Å². The highest BCUT2D eigenvalue weighted by Gasteiger charge is 2.21. The second-order valence-corrected chi connectivity index (χ2v) is 8.46. The second kappa shape index (κ2) is 8.26. The summed E-state index contributed by atoms with van der Waals surface area (Å²) in [7, 11) is 0. The van der Waals surface area contributed by atoms with E-state index in [1.807, 2.05) is 60.7 Å². The van der Waals surface area contributed by atoms with Crippen molar-refractivity contribution in [3.8, 4) is 0 Å². The number of nitrogens with zero attached hydrogens (tertiary/aromatic N) is 1. The third kappa shape index (κ3) is 4.61. The summed E-state index contributed by atoms with van der Waals surface area (Å²) in [5.74, 6) is -0.401. The first-order valence-electron chi connectivity index (χ1n) is 10.2. The van der Waals surface area contributed by atoms with Gasteiger partial charge in [-0.2, -0.15) is 0 Å². The molecule has 0 unspecified atom stereocenters. The SMILES string of the molecule is CC(C)(C)OC(=O)n1ccc2c(F)cc(NC(c3ccccc3)c3ccccc3)cc21. The van der Waals surface area contributed by atoms with Crippen LogP contribution in [0.4, 0.5) is 14.9 Å². The van der Waals surface area contributed by atoms with Crippen molar-refractivity contribution in [1.82, 2.24) is 4.57 Å². The van der Waals surface area contributed by atoms with Crippen LogP contribution in [0.2, 0.25) is 0 Å². The fourth-order valence-electron chi connectivity index (χ4n) is 3.57. The average molecular weight is 416 g/mol. The van der Waals surface area contributed by atoms with Crippen LogP contribution in [0.5, 0.6) is 0 Å². The molecular formula is C26H25FN2O2. The van der Waals surface area contributed by atoms with Crippen molar-refractivity contribution in [2.24, 2.45) is 0 Å². The molecule has 1 heterocycles. The Balaban J connectivity index is 1.74. The Morgan fingerprint density at radius 2 is 1.52 bits per heavy atom. The largest absolute Gasteiger partial charge is 0.443 e. The first-order chi connectivity index (χ1) is 14.8. The van der Waals surface area contributed by atoms with Gasteiger partial charge in [0.1, 0.15) is 11.4 Å². The summed E-state index contributed by atoms with van der Waals surface area (Å²) >= 11 is 0. The van der Waals surface area contributed by atoms with Crippen molar-refractivity contribution in [1.29, 1.82) is 0 Å². The third-order valence-electron chi connectivity index (χ3n) is 4.92. The van der Waals surface area contributed by atoms with Crippen molar-refractivity contribution >= 4 is 22.7 Å². The van der Waals surface area contributed by atoms with Gasteiger partial charge in [0.05, 0.1) is 11.6 Å². The van der Waals surface area contributed by atoms with Gasteiger partial charge in [0.25, 0.3) is 0 Å². The Morgan fingerprint density at radius 1 is 0.935 bits per heavy atom. The normalized spacial score (nSPS) is 11.6. The summed E-state index contributed by atoms with van der Waals surface area (Å²) in [5.41, 5.74) is 2.49. The average Bonchev–Trinajstić information content (AvgIpc) is 3.17. The number of halogens is 1. The van der Waals surface area contributed by atoms with Crippen LogP contribution in [0.3, 0.4) is 0 Å². The number of hydrogen-bond acceptors (Lipinski definition) is 3. The molecule has 4 aromatic rings. The van der Waals surface area contributed by atoms with E-state index in [1.165, 1.54) is 16.8 Å². The topological polar surface area (TPSA) is 43.3 Å². The molecule has 158 valence electrons. The van der Waals surface area contributed by atoms with Crippen molar-refractivity contribution in [2.75, 3.05) is 5.32 Å². The van der Waals surface area contributed by atoms with Crippen LogP contribution in [0, 0.1) is 5.82 Å². The van der Waals surface area contributed by atoms with Crippen LogP contribution in [-0.2, 0) is 4.74 Å². The van der Waals surface area contributed by atoms with Gasteiger partial charge in [-0.25, -0.2) is 9.18 Å². The lowest BCUT2D eigenvalue weighted by Crippen LogP contribution is -2.26. The number of aromatic nitrogens is 1. The molecule has 1 aromatic heterocycles. The lowest BCUT2D eigenvalue weighted by atomic mass is 9.98. The molecule has 3 aromatic carbocycles. The van der Waals surface area contributed by atoms with Gasteiger partial charge in [0, 0.05) is 17.3 Å². The van der Waals surface area contributed by atoms with Gasteiger partial charge < -0.3 is 10.1 Å². The van der Waals surface area contributed by atoms with Crippen LogP contribution in [0.25, 0.3) is 10.9 Å². The van der Waals surface area contributed by atoms with Crippen LogP contribution >= 0.6 is 0 Å². The first kappa shape index (κ1) is 20.7. The number of hydrogen-bond donors (Lipinski definition) is 1. The molecule has 0 bridgehead atoms. The summed E-state index contributed by atoms with van der Waals surface area (Å²) in [5, 5.41) is 3.81. The Labute approximate surface area is 181 Å². The van der Waals surface area contributed by atoms with Crippen molar-refractivity contribution in [3.05, 3.63) is 102 Å². The zero-order valence-corrected chi connectivity index (χ0v) is 17.8. The molecule has 31 heavy (non-hydrogen) atoms. The summed E-state index contributed by atoms with van der Waals surface area (Å²) in [6, 6.07) is 24.6. The van der Waals surface area contributed by atoms with E-state index in [0.29, 0.717) is 16.6 Å². The quantitative estimate of drug-likeness (QED) is 0.399. The molecule has 0 aliphatic heterocycles. The zero-order valence-electron chi connectivity index (χ0n) is 17.8. The maximum absolute atomic E-state index is 14.9. The lowest BCUT2D eigenvalue weighted by molar-refractivity contribution is 0.0544. The number of benzene rings is 3. The van der Waals surface area contributed by atoms with E-state index in [0.717, 1.165) is 11.1 Å². The fraction of sp³-hybridized carbons (Fsp3) is 0.192. The fourth-order valence-corrected chi connectivity index (χ4v) is 3.57. The Kier molecular flexibility index (Phi) is 5.51. The molecule has 0 atom stereocenters. The highest BCUT2D eigenvalue weighted by atomic mass is 19.1. The van der Waals surface area contributed by atoms with Gasteiger partial charge in [0.15, 0.2) is 0 Å². The van der Waals surface area contributed by atoms with E-state index in [2.05, 4.69) is 5.32 Å². The first-order valence-corrected chi connectivity index (χ1v) is 10.2. The van der Waals surface area contributed by atoms with E-state index >= 15 is 0 Å². The molecule has 0 radical (unpaired) electrons. The molecule has 5 heteroatoms. The van der Waals surface area contributed by atoms with Gasteiger partial charge in [-0.3, -0.25) is 4.57 Å². The highest BCUT2D eigenvalue weighted by molar-refractivity contribution is 5.92. The highest BCUT2D eigenvalue weighted by Crippen LogP contribution is 2.30.